The molecule has 0 atom stereocenters. The molecule has 2 aromatic carbocycles. The number of nitrogens with zero attached hydrogens (tertiary/aromatic N) is 1. The zero-order chi connectivity index (χ0) is 22.5. The zero-order valence-corrected chi connectivity index (χ0v) is 17.1. The predicted octanol–water partition coefficient (Wildman–Crippen LogP) is 4.54. The maximum atomic E-state index is 14.0. The first-order valence-corrected chi connectivity index (χ1v) is 9.58. The van der Waals surface area contributed by atoms with Crippen molar-refractivity contribution < 1.29 is 32.2 Å². The summed E-state index contributed by atoms with van der Waals surface area (Å²) in [5.74, 6) is -0.962. The summed E-state index contributed by atoms with van der Waals surface area (Å²) in [6, 6.07) is 5.54. The number of fused-ring (bicyclic) bond motifs is 2. The summed E-state index contributed by atoms with van der Waals surface area (Å²) in [4.78, 5) is 15.1. The number of phenolic OH excluding ortho intramolecular Hbond substituents is 1. The van der Waals surface area contributed by atoms with E-state index >= 15 is 0 Å². The Morgan fingerprint density at radius 3 is 2.48 bits per heavy atom. The third-order valence-electron chi connectivity index (χ3n) is 5.10. The molecule has 31 heavy (non-hydrogen) atoms. The molecule has 1 N–H and O–H groups in total. The van der Waals surface area contributed by atoms with Crippen LogP contribution in [0.2, 0.25) is 0 Å². The topological polar surface area (TPSA) is 72.1 Å². The van der Waals surface area contributed by atoms with Gasteiger partial charge in [-0.1, -0.05) is 13.0 Å². The van der Waals surface area contributed by atoms with E-state index in [1.54, 1.807) is 25.9 Å². The molecular weight excluding hydrogens is 415 g/mol. The molecule has 0 bridgehead atoms. The Hall–Kier alpha value is -3.20. The smallest absolute Gasteiger partial charge is 0.450 e. The molecule has 0 radical (unpaired) electrons. The lowest BCUT2D eigenvalue weighted by Gasteiger charge is -2.18. The standard InChI is InChI=1S/C22H20F3NO5/c1-4-11-7-13-19(28)17(12-5-6-15-16(8-12)30-10-29-15)21(22(23,24)25)31-20(13)14(18(11)27)9-26(2)3/h5-8,27H,4,9-10H2,1-3H3. The van der Waals surface area contributed by atoms with Crippen LogP contribution >= 0.6 is 0 Å². The number of halogens is 3. The molecule has 0 saturated carbocycles. The minimum atomic E-state index is -4.94. The van der Waals surface area contributed by atoms with E-state index in [0.717, 1.165) is 0 Å². The number of ether oxygens (including phenoxy) is 2. The van der Waals surface area contributed by atoms with Crippen LogP contribution in [-0.4, -0.2) is 30.9 Å². The fourth-order valence-corrected chi connectivity index (χ4v) is 3.69. The number of hydrogen-bond acceptors (Lipinski definition) is 6. The summed E-state index contributed by atoms with van der Waals surface area (Å²) in [5, 5.41) is 10.6. The lowest BCUT2D eigenvalue weighted by atomic mass is 9.97. The van der Waals surface area contributed by atoms with Crippen molar-refractivity contribution in [3.63, 3.8) is 0 Å². The first-order chi connectivity index (χ1) is 14.6. The van der Waals surface area contributed by atoms with Gasteiger partial charge in [-0.05, 0) is 49.8 Å². The third-order valence-corrected chi connectivity index (χ3v) is 5.10. The van der Waals surface area contributed by atoms with Crippen LogP contribution in [0.3, 0.4) is 0 Å². The van der Waals surface area contributed by atoms with E-state index in [4.69, 9.17) is 13.9 Å². The highest BCUT2D eigenvalue weighted by Gasteiger charge is 2.40. The lowest BCUT2D eigenvalue weighted by Crippen LogP contribution is -2.18. The number of rotatable bonds is 4. The van der Waals surface area contributed by atoms with Gasteiger partial charge in [-0.2, -0.15) is 13.2 Å². The van der Waals surface area contributed by atoms with Gasteiger partial charge in [-0.15, -0.1) is 0 Å². The van der Waals surface area contributed by atoms with Gasteiger partial charge in [0.15, 0.2) is 11.5 Å². The number of phenols is 1. The Morgan fingerprint density at radius 2 is 1.84 bits per heavy atom. The summed E-state index contributed by atoms with van der Waals surface area (Å²) >= 11 is 0. The molecule has 0 fully saturated rings. The van der Waals surface area contributed by atoms with Crippen LogP contribution in [0, 0.1) is 0 Å². The first-order valence-electron chi connectivity index (χ1n) is 9.58. The molecule has 6 nitrogen and oxygen atoms in total. The summed E-state index contributed by atoms with van der Waals surface area (Å²) < 4.78 is 57.8. The van der Waals surface area contributed by atoms with E-state index < -0.39 is 22.9 Å². The highest BCUT2D eigenvalue weighted by molar-refractivity contribution is 5.88. The van der Waals surface area contributed by atoms with Gasteiger partial charge in [0.05, 0.1) is 16.5 Å². The predicted molar refractivity (Wildman–Crippen MR) is 107 cm³/mol. The van der Waals surface area contributed by atoms with Gasteiger partial charge in [-0.3, -0.25) is 4.79 Å². The monoisotopic (exact) mass is 435 g/mol. The summed E-state index contributed by atoms with van der Waals surface area (Å²) in [6.07, 6.45) is -4.55. The van der Waals surface area contributed by atoms with Crippen LogP contribution < -0.4 is 14.9 Å². The largest absolute Gasteiger partial charge is 0.507 e. The Balaban J connectivity index is 2.10. The number of aryl methyl sites for hydroxylation is 1. The number of benzene rings is 2. The van der Waals surface area contributed by atoms with E-state index in [2.05, 4.69) is 0 Å². The quantitative estimate of drug-likeness (QED) is 0.649. The second-order valence-corrected chi connectivity index (χ2v) is 7.53. The molecule has 0 spiro atoms. The van der Waals surface area contributed by atoms with Gasteiger partial charge >= 0.3 is 6.18 Å². The van der Waals surface area contributed by atoms with E-state index in [9.17, 15) is 23.1 Å². The second-order valence-electron chi connectivity index (χ2n) is 7.53. The molecule has 3 aromatic rings. The minimum Gasteiger partial charge on any atom is -0.507 e. The molecule has 1 aliphatic rings. The van der Waals surface area contributed by atoms with Gasteiger partial charge in [0.2, 0.25) is 18.0 Å². The van der Waals surface area contributed by atoms with Crippen LogP contribution in [0.5, 0.6) is 17.2 Å². The molecule has 0 aliphatic carbocycles. The van der Waals surface area contributed by atoms with Gasteiger partial charge in [0.1, 0.15) is 11.3 Å². The molecule has 4 rings (SSSR count). The van der Waals surface area contributed by atoms with Crippen LogP contribution in [0.15, 0.2) is 33.5 Å². The van der Waals surface area contributed by atoms with Gasteiger partial charge < -0.3 is 23.9 Å². The fraction of sp³-hybridized carbons (Fsp3) is 0.318. The van der Waals surface area contributed by atoms with E-state index in [1.165, 1.54) is 24.3 Å². The zero-order valence-electron chi connectivity index (χ0n) is 17.1. The van der Waals surface area contributed by atoms with Gasteiger partial charge in [-0.25, -0.2) is 0 Å². The van der Waals surface area contributed by atoms with Crippen LogP contribution in [0.25, 0.3) is 22.1 Å². The van der Waals surface area contributed by atoms with Crippen LogP contribution in [0.1, 0.15) is 23.8 Å². The third kappa shape index (κ3) is 3.59. The maximum absolute atomic E-state index is 14.0. The van der Waals surface area contributed by atoms with E-state index in [1.807, 2.05) is 0 Å². The van der Waals surface area contributed by atoms with Gasteiger partial charge in [0.25, 0.3) is 0 Å². The first kappa shape index (κ1) is 21.0. The highest BCUT2D eigenvalue weighted by Crippen LogP contribution is 2.42. The Morgan fingerprint density at radius 1 is 1.13 bits per heavy atom. The molecule has 0 saturated heterocycles. The summed E-state index contributed by atoms with van der Waals surface area (Å²) in [7, 11) is 3.40. The maximum Gasteiger partial charge on any atom is 0.450 e. The van der Waals surface area contributed by atoms with Crippen LogP contribution in [-0.2, 0) is 19.1 Å². The minimum absolute atomic E-state index is 0.00695. The lowest BCUT2D eigenvalue weighted by molar-refractivity contribution is -0.152. The highest BCUT2D eigenvalue weighted by atomic mass is 19.4. The normalized spacial score (nSPS) is 13.4. The Kier molecular flexibility index (Phi) is 5.09. The average Bonchev–Trinajstić information content (AvgIpc) is 3.16. The van der Waals surface area contributed by atoms with Crippen molar-refractivity contribution in [3.8, 4) is 28.4 Å². The van der Waals surface area contributed by atoms with Crippen molar-refractivity contribution in [2.45, 2.75) is 26.1 Å². The SMILES string of the molecule is CCc1cc2c(=O)c(-c3ccc4c(c3)OCO4)c(C(F)(F)F)oc2c(CN(C)C)c1O. The van der Waals surface area contributed by atoms with Gasteiger partial charge in [0, 0.05) is 6.54 Å². The second kappa shape index (κ2) is 7.49. The van der Waals surface area contributed by atoms with Crippen LogP contribution in [0.4, 0.5) is 13.2 Å². The molecule has 9 heteroatoms. The number of hydrogen-bond donors (Lipinski definition) is 1. The van der Waals surface area contributed by atoms with Crippen molar-refractivity contribution in [3.05, 3.63) is 51.4 Å². The average molecular weight is 435 g/mol. The van der Waals surface area contributed by atoms with Crippen molar-refractivity contribution in [2.75, 3.05) is 20.9 Å². The molecule has 164 valence electrons. The molecular formula is C22H20F3NO5. The molecule has 1 aromatic heterocycles. The fourth-order valence-electron chi connectivity index (χ4n) is 3.69. The van der Waals surface area contributed by atoms with Crippen molar-refractivity contribution >= 4 is 11.0 Å². The van der Waals surface area contributed by atoms with Crippen molar-refractivity contribution in [2.24, 2.45) is 0 Å². The number of alkyl halides is 3. The van der Waals surface area contributed by atoms with Crippen molar-refractivity contribution in [1.82, 2.24) is 4.90 Å². The van der Waals surface area contributed by atoms with Crippen molar-refractivity contribution in [1.29, 1.82) is 0 Å². The molecule has 0 amide bonds. The van der Waals surface area contributed by atoms with E-state index in [0.29, 0.717) is 17.7 Å². The molecule has 1 aliphatic heterocycles. The summed E-state index contributed by atoms with van der Waals surface area (Å²) in [6.45, 7) is 1.83. The molecule has 0 unspecified atom stereocenters. The Bertz CT molecular complexity index is 1230. The Labute approximate surface area is 175 Å². The summed E-state index contributed by atoms with van der Waals surface area (Å²) in [5.41, 5.74) is -1.12. The molecule has 2 heterocycles. The van der Waals surface area contributed by atoms with E-state index in [-0.39, 0.29) is 46.9 Å². The number of aromatic hydroxyl groups is 1.